The summed E-state index contributed by atoms with van der Waals surface area (Å²) in [5.74, 6) is -1.19. The summed E-state index contributed by atoms with van der Waals surface area (Å²) < 4.78 is 42.3. The van der Waals surface area contributed by atoms with E-state index in [1.165, 1.54) is 42.5 Å². The number of carbonyl (C=O) groups excluding carboxylic acids is 1. The molecule has 0 spiro atoms. The first-order valence-electron chi connectivity index (χ1n) is 8.21. The summed E-state index contributed by atoms with van der Waals surface area (Å²) in [5.41, 5.74) is 1.39. The van der Waals surface area contributed by atoms with Crippen molar-refractivity contribution < 1.29 is 17.6 Å². The minimum absolute atomic E-state index is 0.0163. The van der Waals surface area contributed by atoms with Gasteiger partial charge in [-0.3, -0.25) is 9.52 Å². The van der Waals surface area contributed by atoms with Crippen molar-refractivity contribution in [3.8, 4) is 0 Å². The first-order valence-corrected chi connectivity index (χ1v) is 10.5. The molecule has 0 saturated carbocycles. The Balaban J connectivity index is 1.86. The Kier molecular flexibility index (Phi) is 5.81. The molecule has 0 aliphatic rings. The number of rotatable bonds is 5. The van der Waals surface area contributed by atoms with Crippen molar-refractivity contribution in [1.82, 2.24) is 0 Å². The van der Waals surface area contributed by atoms with Gasteiger partial charge in [-0.1, -0.05) is 24.3 Å². The predicted molar refractivity (Wildman–Crippen MR) is 110 cm³/mol. The largest absolute Gasteiger partial charge is 0.319 e. The quantitative estimate of drug-likeness (QED) is 0.563. The van der Waals surface area contributed by atoms with Gasteiger partial charge in [-0.05, 0) is 70.9 Å². The molecule has 3 aromatic rings. The average Bonchev–Trinajstić information content (AvgIpc) is 2.66. The van der Waals surface area contributed by atoms with Crippen LogP contribution in [0, 0.1) is 12.7 Å². The van der Waals surface area contributed by atoms with Gasteiger partial charge < -0.3 is 5.32 Å². The maximum atomic E-state index is 13.7. The molecule has 0 radical (unpaired) electrons. The van der Waals surface area contributed by atoms with Crippen molar-refractivity contribution in [3.63, 3.8) is 0 Å². The lowest BCUT2D eigenvalue weighted by Gasteiger charge is -2.12. The summed E-state index contributed by atoms with van der Waals surface area (Å²) in [6.07, 6.45) is 0. The molecule has 8 heteroatoms. The van der Waals surface area contributed by atoms with Crippen molar-refractivity contribution >= 4 is 43.2 Å². The lowest BCUT2D eigenvalue weighted by Crippen LogP contribution is -2.16. The maximum Gasteiger partial charge on any atom is 0.261 e. The topological polar surface area (TPSA) is 75.3 Å². The number of nitrogens with one attached hydrogen (secondary N) is 2. The molecule has 0 fully saturated rings. The number of carbonyl (C=O) groups is 1. The summed E-state index contributed by atoms with van der Waals surface area (Å²) in [7, 11) is -3.92. The van der Waals surface area contributed by atoms with Gasteiger partial charge in [0.25, 0.3) is 15.9 Å². The van der Waals surface area contributed by atoms with Crippen molar-refractivity contribution in [2.24, 2.45) is 0 Å². The zero-order valence-electron chi connectivity index (χ0n) is 14.7. The van der Waals surface area contributed by atoms with Gasteiger partial charge in [-0.25, -0.2) is 12.8 Å². The van der Waals surface area contributed by atoms with Gasteiger partial charge in [0.15, 0.2) is 0 Å². The lowest BCUT2D eigenvalue weighted by atomic mass is 10.2. The zero-order valence-corrected chi connectivity index (χ0v) is 17.1. The third-order valence-corrected chi connectivity index (χ3v) is 5.95. The summed E-state index contributed by atoms with van der Waals surface area (Å²) in [6.45, 7) is 1.85. The number of anilines is 2. The zero-order chi connectivity index (χ0) is 20.3. The Labute approximate surface area is 170 Å². The highest BCUT2D eigenvalue weighted by Gasteiger charge is 2.18. The first-order chi connectivity index (χ1) is 13.3. The second-order valence-corrected chi connectivity index (χ2v) is 8.59. The average molecular weight is 463 g/mol. The number of hydrogen-bond donors (Lipinski definition) is 2. The Hall–Kier alpha value is -2.71. The molecule has 0 atom stereocenters. The minimum atomic E-state index is -3.92. The number of para-hydroxylation sites is 1. The van der Waals surface area contributed by atoms with Crippen LogP contribution in [0.5, 0.6) is 0 Å². The summed E-state index contributed by atoms with van der Waals surface area (Å²) in [6, 6.07) is 16.5. The lowest BCUT2D eigenvalue weighted by molar-refractivity contribution is 0.102. The van der Waals surface area contributed by atoms with E-state index in [0.717, 1.165) is 5.56 Å². The SMILES string of the molecule is Cc1ccc(Br)c(NS(=O)(=O)c2cccc(C(=O)Nc3ccccc3F)c2)c1. The van der Waals surface area contributed by atoms with Crippen LogP contribution < -0.4 is 10.0 Å². The molecule has 0 saturated heterocycles. The molecule has 28 heavy (non-hydrogen) atoms. The normalized spacial score (nSPS) is 11.1. The number of halogens is 2. The van der Waals surface area contributed by atoms with Crippen LogP contribution in [0.15, 0.2) is 76.1 Å². The van der Waals surface area contributed by atoms with Crippen molar-refractivity contribution in [2.45, 2.75) is 11.8 Å². The third kappa shape index (κ3) is 4.58. The molecule has 0 unspecified atom stereocenters. The standard InChI is InChI=1S/C20H16BrFN2O3S/c1-13-9-10-16(21)19(11-13)24-28(26,27)15-6-4-5-14(12-15)20(25)23-18-8-3-2-7-17(18)22/h2-12,24H,1H3,(H,23,25). The van der Waals surface area contributed by atoms with Gasteiger partial charge in [0.2, 0.25) is 0 Å². The van der Waals surface area contributed by atoms with E-state index >= 15 is 0 Å². The molecule has 0 heterocycles. The number of amides is 1. The number of benzene rings is 3. The maximum absolute atomic E-state index is 13.7. The highest BCUT2D eigenvalue weighted by molar-refractivity contribution is 9.10. The van der Waals surface area contributed by atoms with E-state index in [4.69, 9.17) is 0 Å². The molecule has 3 aromatic carbocycles. The summed E-state index contributed by atoms with van der Waals surface area (Å²) >= 11 is 3.31. The smallest absolute Gasteiger partial charge is 0.261 e. The van der Waals surface area contributed by atoms with Crippen LogP contribution in [-0.2, 0) is 10.0 Å². The number of aryl methyl sites for hydroxylation is 1. The van der Waals surface area contributed by atoms with Crippen LogP contribution in [0.4, 0.5) is 15.8 Å². The molecule has 0 aliphatic heterocycles. The highest BCUT2D eigenvalue weighted by Crippen LogP contribution is 2.26. The van der Waals surface area contributed by atoms with E-state index in [2.05, 4.69) is 26.0 Å². The van der Waals surface area contributed by atoms with Crippen LogP contribution in [-0.4, -0.2) is 14.3 Å². The fourth-order valence-corrected chi connectivity index (χ4v) is 4.08. The predicted octanol–water partition coefficient (Wildman–Crippen LogP) is 4.95. The van der Waals surface area contributed by atoms with E-state index in [0.29, 0.717) is 10.2 Å². The molecule has 2 N–H and O–H groups in total. The molecular weight excluding hydrogens is 447 g/mol. The van der Waals surface area contributed by atoms with E-state index in [1.807, 2.05) is 13.0 Å². The fraction of sp³-hybridized carbons (Fsp3) is 0.0500. The number of hydrogen-bond acceptors (Lipinski definition) is 3. The molecule has 5 nitrogen and oxygen atoms in total. The van der Waals surface area contributed by atoms with Crippen LogP contribution in [0.2, 0.25) is 0 Å². The molecule has 0 bridgehead atoms. The highest BCUT2D eigenvalue weighted by atomic mass is 79.9. The number of sulfonamides is 1. The van der Waals surface area contributed by atoms with E-state index < -0.39 is 21.7 Å². The van der Waals surface area contributed by atoms with Crippen LogP contribution in [0.3, 0.4) is 0 Å². The van der Waals surface area contributed by atoms with E-state index in [-0.39, 0.29) is 16.1 Å². The van der Waals surface area contributed by atoms with Crippen molar-refractivity contribution in [2.75, 3.05) is 10.0 Å². The van der Waals surface area contributed by atoms with E-state index in [1.54, 1.807) is 18.2 Å². The van der Waals surface area contributed by atoms with Gasteiger partial charge in [0.05, 0.1) is 16.3 Å². The molecule has 144 valence electrons. The van der Waals surface area contributed by atoms with Gasteiger partial charge in [-0.2, -0.15) is 0 Å². The van der Waals surface area contributed by atoms with Gasteiger partial charge in [0, 0.05) is 10.0 Å². The first kappa shape index (κ1) is 20.0. The fourth-order valence-electron chi connectivity index (χ4n) is 2.48. The minimum Gasteiger partial charge on any atom is -0.319 e. The van der Waals surface area contributed by atoms with Gasteiger partial charge in [0.1, 0.15) is 5.82 Å². The Morgan fingerprint density at radius 3 is 2.46 bits per heavy atom. The van der Waals surface area contributed by atoms with Crippen molar-refractivity contribution in [1.29, 1.82) is 0 Å². The molecule has 3 rings (SSSR count). The molecule has 0 aliphatic carbocycles. The second kappa shape index (κ2) is 8.12. The van der Waals surface area contributed by atoms with Crippen molar-refractivity contribution in [3.05, 3.63) is 88.1 Å². The van der Waals surface area contributed by atoms with Crippen LogP contribution in [0.25, 0.3) is 0 Å². The summed E-state index contributed by atoms with van der Waals surface area (Å²) in [4.78, 5) is 12.3. The Morgan fingerprint density at radius 2 is 1.71 bits per heavy atom. The third-order valence-electron chi connectivity index (χ3n) is 3.89. The van der Waals surface area contributed by atoms with E-state index in [9.17, 15) is 17.6 Å². The molecule has 0 aromatic heterocycles. The van der Waals surface area contributed by atoms with Crippen LogP contribution >= 0.6 is 15.9 Å². The monoisotopic (exact) mass is 462 g/mol. The van der Waals surface area contributed by atoms with Crippen LogP contribution in [0.1, 0.15) is 15.9 Å². The Bertz CT molecular complexity index is 1150. The van der Waals surface area contributed by atoms with Gasteiger partial charge in [-0.15, -0.1) is 0 Å². The molecular formula is C20H16BrFN2O3S. The Morgan fingerprint density at radius 1 is 0.964 bits per heavy atom. The molecule has 1 amide bonds. The van der Waals surface area contributed by atoms with Gasteiger partial charge >= 0.3 is 0 Å². The second-order valence-electron chi connectivity index (χ2n) is 6.05. The summed E-state index contributed by atoms with van der Waals surface area (Å²) in [5, 5.41) is 2.43.